The van der Waals surface area contributed by atoms with Crippen LogP contribution in [0.1, 0.15) is 0 Å². The Kier molecular flexibility index (Phi) is 2.33. The molecule has 5 heteroatoms. The Bertz CT molecular complexity index is 427. The van der Waals surface area contributed by atoms with Gasteiger partial charge in [-0.2, -0.15) is 5.10 Å². The first-order valence-electron chi connectivity index (χ1n) is 3.58. The van der Waals surface area contributed by atoms with Crippen molar-refractivity contribution in [2.75, 3.05) is 0 Å². The molecule has 2 aromatic heterocycles. The minimum Gasteiger partial charge on any atom is -0.263 e. The normalized spacial score (nSPS) is 10.3. The Morgan fingerprint density at radius 2 is 2.23 bits per heavy atom. The van der Waals surface area contributed by atoms with Crippen LogP contribution in [0, 0.1) is 0 Å². The Balaban J connectivity index is 2.52. The van der Waals surface area contributed by atoms with Crippen LogP contribution in [0.15, 0.2) is 35.3 Å². The van der Waals surface area contributed by atoms with Crippen LogP contribution in [0.5, 0.6) is 0 Å². The van der Waals surface area contributed by atoms with E-state index < -0.39 is 0 Å². The maximum atomic E-state index is 5.93. The van der Waals surface area contributed by atoms with Crippen LogP contribution in [0.2, 0.25) is 5.02 Å². The number of nitrogens with zero attached hydrogens (tertiary/aromatic N) is 3. The zero-order chi connectivity index (χ0) is 9.26. The highest BCUT2D eigenvalue weighted by molar-refractivity contribution is 9.10. The van der Waals surface area contributed by atoms with Gasteiger partial charge >= 0.3 is 0 Å². The summed E-state index contributed by atoms with van der Waals surface area (Å²) in [6.07, 6.45) is 5.09. The number of aromatic nitrogens is 3. The van der Waals surface area contributed by atoms with Crippen LogP contribution in [0.25, 0.3) is 5.69 Å². The highest BCUT2D eigenvalue weighted by atomic mass is 79.9. The number of halogens is 2. The smallest absolute Gasteiger partial charge is 0.128 e. The largest absolute Gasteiger partial charge is 0.263 e. The van der Waals surface area contributed by atoms with E-state index in [1.54, 1.807) is 17.1 Å². The average Bonchev–Trinajstić information content (AvgIpc) is 2.53. The minimum absolute atomic E-state index is 0.582. The number of hydrogen-bond donors (Lipinski definition) is 0. The Morgan fingerprint density at radius 1 is 1.38 bits per heavy atom. The van der Waals surface area contributed by atoms with E-state index in [1.807, 2.05) is 18.3 Å². The first kappa shape index (κ1) is 8.72. The van der Waals surface area contributed by atoms with E-state index in [4.69, 9.17) is 11.6 Å². The first-order valence-corrected chi connectivity index (χ1v) is 4.75. The Labute approximate surface area is 88.5 Å². The lowest BCUT2D eigenvalue weighted by Gasteiger charge is -2.01. The van der Waals surface area contributed by atoms with Crippen LogP contribution >= 0.6 is 27.5 Å². The van der Waals surface area contributed by atoms with Crippen LogP contribution < -0.4 is 0 Å². The van der Waals surface area contributed by atoms with Gasteiger partial charge in [0.25, 0.3) is 0 Å². The summed E-state index contributed by atoms with van der Waals surface area (Å²) in [6.45, 7) is 0. The second-order valence-electron chi connectivity index (χ2n) is 2.41. The number of rotatable bonds is 1. The van der Waals surface area contributed by atoms with Crippen molar-refractivity contribution in [3.05, 3.63) is 40.3 Å². The van der Waals surface area contributed by atoms with Crippen molar-refractivity contribution in [2.24, 2.45) is 0 Å². The van der Waals surface area contributed by atoms with Crippen molar-refractivity contribution in [2.45, 2.75) is 0 Å². The molecule has 0 fully saturated rings. The molecule has 13 heavy (non-hydrogen) atoms. The molecule has 2 aromatic rings. The van der Waals surface area contributed by atoms with E-state index in [9.17, 15) is 0 Å². The first-order chi connectivity index (χ1) is 6.27. The SMILES string of the molecule is Clc1cnccc1-n1ccc(Br)n1. The van der Waals surface area contributed by atoms with Gasteiger partial charge in [-0.1, -0.05) is 11.6 Å². The molecule has 0 saturated heterocycles. The van der Waals surface area contributed by atoms with Crippen molar-refractivity contribution in [3.63, 3.8) is 0 Å². The zero-order valence-corrected chi connectivity index (χ0v) is 8.83. The summed E-state index contributed by atoms with van der Waals surface area (Å²) in [6, 6.07) is 3.65. The quantitative estimate of drug-likeness (QED) is 0.787. The molecule has 0 saturated carbocycles. The van der Waals surface area contributed by atoms with Crippen molar-refractivity contribution >= 4 is 27.5 Å². The molecule has 0 spiro atoms. The third-order valence-corrected chi connectivity index (χ3v) is 2.27. The highest BCUT2D eigenvalue weighted by Crippen LogP contribution is 2.18. The topological polar surface area (TPSA) is 30.7 Å². The van der Waals surface area contributed by atoms with Gasteiger partial charge in [0.05, 0.1) is 10.7 Å². The van der Waals surface area contributed by atoms with Gasteiger partial charge in [0.2, 0.25) is 0 Å². The van der Waals surface area contributed by atoms with Gasteiger partial charge < -0.3 is 0 Å². The van der Waals surface area contributed by atoms with Crippen LogP contribution in [-0.4, -0.2) is 14.8 Å². The van der Waals surface area contributed by atoms with Gasteiger partial charge in [-0.05, 0) is 28.1 Å². The lowest BCUT2D eigenvalue weighted by atomic mass is 10.4. The van der Waals surface area contributed by atoms with Crippen molar-refractivity contribution < 1.29 is 0 Å². The molecular weight excluding hydrogens is 253 g/mol. The fraction of sp³-hybridized carbons (Fsp3) is 0. The molecule has 2 rings (SSSR count). The Hall–Kier alpha value is -0.870. The van der Waals surface area contributed by atoms with Gasteiger partial charge in [0.15, 0.2) is 0 Å². The molecule has 66 valence electrons. The van der Waals surface area contributed by atoms with Gasteiger partial charge in [0, 0.05) is 18.6 Å². The molecule has 0 atom stereocenters. The molecular formula is C8H5BrClN3. The van der Waals surface area contributed by atoms with Gasteiger partial charge in [-0.3, -0.25) is 4.98 Å². The standard InChI is InChI=1S/C8H5BrClN3/c9-8-2-4-13(12-8)7-1-3-11-5-6(7)10/h1-5H. The van der Waals surface area contributed by atoms with Gasteiger partial charge in [-0.25, -0.2) is 4.68 Å². The molecule has 3 nitrogen and oxygen atoms in total. The molecule has 0 aromatic carbocycles. The molecule has 0 amide bonds. The third kappa shape index (κ3) is 1.73. The van der Waals surface area contributed by atoms with E-state index in [0.29, 0.717) is 5.02 Å². The lowest BCUT2D eigenvalue weighted by molar-refractivity contribution is 0.868. The summed E-state index contributed by atoms with van der Waals surface area (Å²) in [7, 11) is 0. The second-order valence-corrected chi connectivity index (χ2v) is 3.63. The third-order valence-electron chi connectivity index (χ3n) is 1.55. The van der Waals surface area contributed by atoms with E-state index in [1.165, 1.54) is 0 Å². The monoisotopic (exact) mass is 257 g/mol. The average molecular weight is 259 g/mol. The molecule has 0 radical (unpaired) electrons. The van der Waals surface area contributed by atoms with Gasteiger partial charge in [0.1, 0.15) is 4.60 Å². The molecule has 0 aliphatic heterocycles. The van der Waals surface area contributed by atoms with E-state index in [-0.39, 0.29) is 0 Å². The summed E-state index contributed by atoms with van der Waals surface area (Å²) in [4.78, 5) is 3.89. The molecule has 0 aliphatic rings. The molecule has 2 heterocycles. The minimum atomic E-state index is 0.582. The van der Waals surface area contributed by atoms with E-state index in [2.05, 4.69) is 26.0 Å². The van der Waals surface area contributed by atoms with E-state index >= 15 is 0 Å². The highest BCUT2D eigenvalue weighted by Gasteiger charge is 2.02. The predicted octanol–water partition coefficient (Wildman–Crippen LogP) is 2.68. The molecule has 0 N–H and O–H groups in total. The zero-order valence-electron chi connectivity index (χ0n) is 6.48. The van der Waals surface area contributed by atoms with Gasteiger partial charge in [-0.15, -0.1) is 0 Å². The number of pyridine rings is 1. The summed E-state index contributed by atoms with van der Waals surface area (Å²) in [5.74, 6) is 0. The summed E-state index contributed by atoms with van der Waals surface area (Å²) < 4.78 is 2.47. The van der Waals surface area contributed by atoms with Crippen LogP contribution in [0.3, 0.4) is 0 Å². The van der Waals surface area contributed by atoms with E-state index in [0.717, 1.165) is 10.3 Å². The molecule has 0 unspecified atom stereocenters. The molecule has 0 bridgehead atoms. The van der Waals surface area contributed by atoms with Crippen LogP contribution in [-0.2, 0) is 0 Å². The van der Waals surface area contributed by atoms with Crippen LogP contribution in [0.4, 0.5) is 0 Å². The summed E-state index contributed by atoms with van der Waals surface area (Å²) in [5, 5.41) is 4.74. The lowest BCUT2D eigenvalue weighted by Crippen LogP contribution is -1.95. The number of hydrogen-bond acceptors (Lipinski definition) is 2. The predicted molar refractivity (Wildman–Crippen MR) is 54.1 cm³/mol. The van der Waals surface area contributed by atoms with Crippen molar-refractivity contribution in [1.82, 2.24) is 14.8 Å². The fourth-order valence-electron chi connectivity index (χ4n) is 0.990. The fourth-order valence-corrected chi connectivity index (χ4v) is 1.48. The van der Waals surface area contributed by atoms with Crippen molar-refractivity contribution in [1.29, 1.82) is 0 Å². The maximum Gasteiger partial charge on any atom is 0.128 e. The molecule has 0 aliphatic carbocycles. The second kappa shape index (κ2) is 3.47. The maximum absolute atomic E-state index is 5.93. The Morgan fingerprint density at radius 3 is 2.85 bits per heavy atom. The summed E-state index contributed by atoms with van der Waals surface area (Å²) >= 11 is 9.19. The summed E-state index contributed by atoms with van der Waals surface area (Å²) in [5.41, 5.74) is 0.822. The van der Waals surface area contributed by atoms with Crippen molar-refractivity contribution in [3.8, 4) is 5.69 Å².